The van der Waals surface area contributed by atoms with Gasteiger partial charge in [-0.1, -0.05) is 36.9 Å². The molecule has 0 bridgehead atoms. The zero-order chi connectivity index (χ0) is 14.2. The molecular formula is C14H21NO3. The Hall–Kier alpha value is -1.81. The maximum Gasteiger partial charge on any atom is 0.506 e. The van der Waals surface area contributed by atoms with Crippen molar-refractivity contribution in [2.75, 3.05) is 0 Å². The van der Waals surface area contributed by atoms with E-state index in [0.29, 0.717) is 6.54 Å². The molecule has 0 aromatic heterocycles. The number of nitrogens with two attached hydrogens (primary N) is 1. The summed E-state index contributed by atoms with van der Waals surface area (Å²) in [6.07, 6.45) is 0.595. The summed E-state index contributed by atoms with van der Waals surface area (Å²) in [4.78, 5) is 9.79. The van der Waals surface area contributed by atoms with Crippen LogP contribution in [0.4, 0.5) is 4.79 Å². The smallest absolute Gasteiger partial charge is 0.450 e. The standard InChI is InChI=1S/C9H11N.C5H10O3/c1-2-8-3-5-9(7-10)6-4-8;1-5(2,3)8-4(6)7/h2-6H,1,7,10H2;1-3H3,(H,6,7). The largest absolute Gasteiger partial charge is 0.506 e. The molecule has 0 aliphatic heterocycles. The van der Waals surface area contributed by atoms with Crippen LogP contribution < -0.4 is 5.73 Å². The van der Waals surface area contributed by atoms with Crippen LogP contribution in [0.5, 0.6) is 0 Å². The minimum Gasteiger partial charge on any atom is -0.450 e. The van der Waals surface area contributed by atoms with E-state index in [9.17, 15) is 4.79 Å². The SMILES string of the molecule is C=Cc1ccc(CN)cc1.CC(C)(C)OC(=O)O. The number of carbonyl (C=O) groups is 1. The van der Waals surface area contributed by atoms with Crippen LogP contribution in [0.1, 0.15) is 31.9 Å². The Balaban J connectivity index is 0.000000331. The molecule has 0 aliphatic rings. The second-order valence-corrected chi connectivity index (χ2v) is 4.63. The monoisotopic (exact) mass is 251 g/mol. The van der Waals surface area contributed by atoms with Crippen LogP contribution in [0.25, 0.3) is 6.08 Å². The van der Waals surface area contributed by atoms with Gasteiger partial charge in [-0.15, -0.1) is 0 Å². The zero-order valence-electron chi connectivity index (χ0n) is 11.1. The van der Waals surface area contributed by atoms with Gasteiger partial charge in [0.25, 0.3) is 0 Å². The Morgan fingerprint density at radius 1 is 1.39 bits per heavy atom. The first-order chi connectivity index (χ1) is 8.28. The third-order valence-electron chi connectivity index (χ3n) is 1.84. The molecular weight excluding hydrogens is 230 g/mol. The summed E-state index contributed by atoms with van der Waals surface area (Å²) in [6, 6.07) is 8.04. The van der Waals surface area contributed by atoms with Gasteiger partial charge in [-0.05, 0) is 31.9 Å². The molecule has 0 heterocycles. The van der Waals surface area contributed by atoms with Crippen molar-refractivity contribution in [3.05, 3.63) is 42.0 Å². The first-order valence-electron chi connectivity index (χ1n) is 5.62. The summed E-state index contributed by atoms with van der Waals surface area (Å²) in [5.74, 6) is 0. The van der Waals surface area contributed by atoms with Crippen molar-refractivity contribution in [1.29, 1.82) is 0 Å². The lowest BCUT2D eigenvalue weighted by molar-refractivity contribution is 0.0150. The van der Waals surface area contributed by atoms with Crippen LogP contribution in [-0.4, -0.2) is 16.9 Å². The van der Waals surface area contributed by atoms with E-state index in [1.807, 2.05) is 30.3 Å². The van der Waals surface area contributed by atoms with E-state index in [-0.39, 0.29) is 0 Å². The minimum absolute atomic E-state index is 0.578. The Morgan fingerprint density at radius 2 is 1.89 bits per heavy atom. The molecule has 0 aliphatic carbocycles. The Labute approximate surface area is 108 Å². The van der Waals surface area contributed by atoms with Gasteiger partial charge in [-0.25, -0.2) is 4.79 Å². The van der Waals surface area contributed by atoms with Gasteiger partial charge in [0.15, 0.2) is 0 Å². The normalized spacial score (nSPS) is 10.0. The number of rotatable bonds is 2. The molecule has 0 fully saturated rings. The lowest BCUT2D eigenvalue weighted by Gasteiger charge is -2.15. The Bertz CT molecular complexity index is 377. The molecule has 3 N–H and O–H groups in total. The van der Waals surface area contributed by atoms with Crippen LogP contribution in [-0.2, 0) is 11.3 Å². The van der Waals surface area contributed by atoms with Crippen LogP contribution >= 0.6 is 0 Å². The Kier molecular flexibility index (Phi) is 6.75. The van der Waals surface area contributed by atoms with E-state index >= 15 is 0 Å². The molecule has 0 saturated carbocycles. The van der Waals surface area contributed by atoms with Gasteiger partial charge >= 0.3 is 6.16 Å². The van der Waals surface area contributed by atoms with Crippen LogP contribution in [0.15, 0.2) is 30.8 Å². The summed E-state index contributed by atoms with van der Waals surface area (Å²) in [5, 5.41) is 8.03. The lowest BCUT2D eigenvalue weighted by Crippen LogP contribution is -2.22. The van der Waals surface area contributed by atoms with Crippen molar-refractivity contribution >= 4 is 12.2 Å². The fourth-order valence-corrected chi connectivity index (χ4v) is 1.05. The molecule has 0 saturated heterocycles. The molecule has 4 nitrogen and oxygen atoms in total. The quantitative estimate of drug-likeness (QED) is 0.791. The van der Waals surface area contributed by atoms with Crippen LogP contribution in [0, 0.1) is 0 Å². The highest BCUT2D eigenvalue weighted by atomic mass is 16.7. The van der Waals surface area contributed by atoms with Gasteiger partial charge in [-0.2, -0.15) is 0 Å². The van der Waals surface area contributed by atoms with Crippen LogP contribution in [0.2, 0.25) is 0 Å². The fraction of sp³-hybridized carbons (Fsp3) is 0.357. The van der Waals surface area contributed by atoms with E-state index in [4.69, 9.17) is 10.8 Å². The van der Waals surface area contributed by atoms with E-state index in [1.54, 1.807) is 20.8 Å². The van der Waals surface area contributed by atoms with Gasteiger partial charge in [0, 0.05) is 6.54 Å². The predicted octanol–water partition coefficient (Wildman–Crippen LogP) is 3.27. The van der Waals surface area contributed by atoms with Crippen molar-refractivity contribution < 1.29 is 14.6 Å². The molecule has 100 valence electrons. The van der Waals surface area contributed by atoms with E-state index in [1.165, 1.54) is 0 Å². The second-order valence-electron chi connectivity index (χ2n) is 4.63. The number of benzene rings is 1. The average Bonchev–Trinajstić information content (AvgIpc) is 2.26. The number of carboxylic acid groups (broad SMARTS) is 1. The molecule has 0 atom stereocenters. The zero-order valence-corrected chi connectivity index (χ0v) is 11.1. The highest BCUT2D eigenvalue weighted by molar-refractivity contribution is 5.57. The third kappa shape index (κ3) is 8.35. The van der Waals surface area contributed by atoms with Crippen molar-refractivity contribution in [3.8, 4) is 0 Å². The highest BCUT2D eigenvalue weighted by Crippen LogP contribution is 2.05. The molecule has 1 aromatic carbocycles. The molecule has 0 radical (unpaired) electrons. The van der Waals surface area contributed by atoms with Crippen molar-refractivity contribution in [2.24, 2.45) is 5.73 Å². The summed E-state index contributed by atoms with van der Waals surface area (Å²) in [5.41, 5.74) is 7.13. The molecule has 0 unspecified atom stereocenters. The van der Waals surface area contributed by atoms with E-state index in [2.05, 4.69) is 11.3 Å². The number of ether oxygens (including phenoxy) is 1. The number of hydrogen-bond acceptors (Lipinski definition) is 3. The Morgan fingerprint density at radius 3 is 2.11 bits per heavy atom. The van der Waals surface area contributed by atoms with Crippen LogP contribution in [0.3, 0.4) is 0 Å². The van der Waals surface area contributed by atoms with Gasteiger partial charge in [-0.3, -0.25) is 0 Å². The summed E-state index contributed by atoms with van der Waals surface area (Å²) >= 11 is 0. The van der Waals surface area contributed by atoms with Crippen molar-refractivity contribution in [2.45, 2.75) is 32.9 Å². The van der Waals surface area contributed by atoms with Crippen molar-refractivity contribution in [1.82, 2.24) is 0 Å². The molecule has 18 heavy (non-hydrogen) atoms. The predicted molar refractivity (Wildman–Crippen MR) is 73.3 cm³/mol. The van der Waals surface area contributed by atoms with Gasteiger partial charge in [0.2, 0.25) is 0 Å². The molecule has 1 rings (SSSR count). The van der Waals surface area contributed by atoms with E-state index in [0.717, 1.165) is 11.1 Å². The molecule has 0 spiro atoms. The van der Waals surface area contributed by atoms with Crippen molar-refractivity contribution in [3.63, 3.8) is 0 Å². The van der Waals surface area contributed by atoms with E-state index < -0.39 is 11.8 Å². The summed E-state index contributed by atoms with van der Waals surface area (Å²) in [6.45, 7) is 9.31. The highest BCUT2D eigenvalue weighted by Gasteiger charge is 2.13. The maximum atomic E-state index is 9.79. The van der Waals surface area contributed by atoms with Gasteiger partial charge in [0.1, 0.15) is 5.60 Å². The number of hydrogen-bond donors (Lipinski definition) is 2. The second kappa shape index (κ2) is 7.50. The summed E-state index contributed by atoms with van der Waals surface area (Å²) in [7, 11) is 0. The first kappa shape index (κ1) is 16.2. The summed E-state index contributed by atoms with van der Waals surface area (Å²) < 4.78 is 4.35. The topological polar surface area (TPSA) is 72.5 Å². The minimum atomic E-state index is -1.22. The molecule has 1 aromatic rings. The lowest BCUT2D eigenvalue weighted by atomic mass is 10.1. The third-order valence-corrected chi connectivity index (χ3v) is 1.84. The average molecular weight is 251 g/mol. The van der Waals surface area contributed by atoms with Gasteiger partial charge in [0.05, 0.1) is 0 Å². The maximum absolute atomic E-state index is 9.79. The molecule has 4 heteroatoms. The fourth-order valence-electron chi connectivity index (χ4n) is 1.05. The van der Waals surface area contributed by atoms with Gasteiger partial charge < -0.3 is 15.6 Å². The molecule has 0 amide bonds. The first-order valence-corrected chi connectivity index (χ1v) is 5.62.